The van der Waals surface area contributed by atoms with E-state index in [4.69, 9.17) is 20.1 Å². The minimum absolute atomic E-state index is 0.000575. The minimum atomic E-state index is -0.778. The fraction of sp³-hybridized carbons (Fsp3) is 0.857. The van der Waals surface area contributed by atoms with Crippen LogP contribution in [-0.4, -0.2) is 43.3 Å². The van der Waals surface area contributed by atoms with Crippen LogP contribution in [0.15, 0.2) is 0 Å². The van der Waals surface area contributed by atoms with Crippen LogP contribution in [0, 0.1) is 23.7 Å². The molecule has 8 nitrogen and oxygen atoms in total. The van der Waals surface area contributed by atoms with Crippen LogP contribution in [0.25, 0.3) is 0 Å². The van der Waals surface area contributed by atoms with Crippen LogP contribution < -0.4 is 11.3 Å². The van der Waals surface area contributed by atoms with Crippen LogP contribution in [-0.2, 0) is 23.8 Å². The lowest BCUT2D eigenvalue weighted by atomic mass is 9.80. The number of amides is 1. The van der Waals surface area contributed by atoms with Gasteiger partial charge in [-0.3, -0.25) is 15.0 Å². The van der Waals surface area contributed by atoms with Gasteiger partial charge in [0.25, 0.3) is 0 Å². The highest BCUT2D eigenvalue weighted by atomic mass is 16.6. The summed E-state index contributed by atoms with van der Waals surface area (Å²) in [4.78, 5) is 35.5. The molecule has 0 bridgehead atoms. The highest BCUT2D eigenvalue weighted by Gasteiger charge is 2.32. The van der Waals surface area contributed by atoms with Crippen molar-refractivity contribution in [1.29, 1.82) is 0 Å². The average Bonchev–Trinajstić information content (AvgIpc) is 2.64. The molecule has 0 rings (SSSR count). The summed E-state index contributed by atoms with van der Waals surface area (Å²) in [5.41, 5.74) is 1.41. The van der Waals surface area contributed by atoms with Crippen molar-refractivity contribution < 1.29 is 28.6 Å². The summed E-state index contributed by atoms with van der Waals surface area (Å²) in [5.74, 6) is 4.64. The van der Waals surface area contributed by atoms with Crippen molar-refractivity contribution in [3.63, 3.8) is 0 Å². The molecule has 1 amide bonds. The Hall–Kier alpha value is -1.67. The summed E-state index contributed by atoms with van der Waals surface area (Å²) in [6.07, 6.45) is 0.625. The number of ketones is 1. The van der Waals surface area contributed by atoms with Crippen LogP contribution in [0.4, 0.5) is 4.79 Å². The fourth-order valence-corrected chi connectivity index (χ4v) is 3.68. The summed E-state index contributed by atoms with van der Waals surface area (Å²) < 4.78 is 15.8. The molecule has 0 aliphatic carbocycles. The van der Waals surface area contributed by atoms with E-state index < -0.39 is 17.8 Å². The first-order chi connectivity index (χ1) is 13.3. The Balaban J connectivity index is 4.60. The lowest BCUT2D eigenvalue weighted by Crippen LogP contribution is -2.36. The number of carbonyl (C=O) groups excluding carboxylic acids is 3. The summed E-state index contributed by atoms with van der Waals surface area (Å²) in [6.45, 7) is 13.2. The maximum atomic E-state index is 12.2. The van der Waals surface area contributed by atoms with Gasteiger partial charge in [0.2, 0.25) is 0 Å². The first-order valence-electron chi connectivity index (χ1n) is 10.3. The second-order valence-corrected chi connectivity index (χ2v) is 8.75. The number of rotatable bonds is 13. The smallest absolute Gasteiger partial charge is 0.421 e. The Bertz CT molecular complexity index is 539. The monoisotopic (exact) mass is 416 g/mol. The van der Waals surface area contributed by atoms with Crippen molar-refractivity contribution in [2.75, 3.05) is 13.7 Å². The molecule has 0 saturated carbocycles. The molecular weight excluding hydrogens is 376 g/mol. The maximum absolute atomic E-state index is 12.2. The van der Waals surface area contributed by atoms with E-state index in [1.54, 1.807) is 14.0 Å². The molecule has 8 heteroatoms. The second-order valence-electron chi connectivity index (χ2n) is 8.75. The minimum Gasteiger partial charge on any atom is -0.462 e. The normalized spacial score (nSPS) is 17.6. The maximum Gasteiger partial charge on any atom is 0.421 e. The number of hydrogen-bond donors (Lipinski definition) is 2. The zero-order valence-corrected chi connectivity index (χ0v) is 19.2. The summed E-state index contributed by atoms with van der Waals surface area (Å²) in [7, 11) is 1.66. The van der Waals surface area contributed by atoms with Gasteiger partial charge in [0.1, 0.15) is 18.5 Å². The molecule has 170 valence electrons. The number of Topliss-reactive ketones (excluding diaryl/α,β-unsaturated/α-hetero) is 1. The Morgan fingerprint density at radius 2 is 1.59 bits per heavy atom. The zero-order chi connectivity index (χ0) is 22.8. The topological polar surface area (TPSA) is 117 Å². The fourth-order valence-electron chi connectivity index (χ4n) is 3.68. The van der Waals surface area contributed by atoms with E-state index in [1.165, 1.54) is 0 Å². The molecular formula is C21H40N2O6. The third kappa shape index (κ3) is 10.6. The van der Waals surface area contributed by atoms with Crippen LogP contribution in [0.2, 0.25) is 0 Å². The van der Waals surface area contributed by atoms with Gasteiger partial charge in [0.05, 0.1) is 11.5 Å². The molecule has 3 N–H and O–H groups in total. The van der Waals surface area contributed by atoms with Gasteiger partial charge in [-0.25, -0.2) is 10.6 Å². The molecule has 0 unspecified atom stereocenters. The van der Waals surface area contributed by atoms with Crippen LogP contribution in [0.3, 0.4) is 0 Å². The standard InChI is InChI=1S/C21H40N2O6/c1-13(2)18(24)16(5)11-21(7,27-8)10-14(3)9-15(4)19(25)28-12-17(6)29-20(26)23-22/h13-17H,9-12,22H2,1-8H3,(H,23,26)/t14-,15-,16+,17+,21+/m1/s1. The van der Waals surface area contributed by atoms with E-state index in [1.807, 2.05) is 40.0 Å². The zero-order valence-electron chi connectivity index (χ0n) is 19.2. The Morgan fingerprint density at radius 3 is 2.07 bits per heavy atom. The molecule has 0 heterocycles. The van der Waals surface area contributed by atoms with Crippen LogP contribution >= 0.6 is 0 Å². The van der Waals surface area contributed by atoms with E-state index in [0.717, 1.165) is 6.42 Å². The summed E-state index contributed by atoms with van der Waals surface area (Å²) in [5, 5.41) is 0. The lowest BCUT2D eigenvalue weighted by molar-refractivity contribution is -0.151. The van der Waals surface area contributed by atoms with Crippen molar-refractivity contribution >= 4 is 17.8 Å². The molecule has 0 fully saturated rings. The first-order valence-corrected chi connectivity index (χ1v) is 10.3. The van der Waals surface area contributed by atoms with Crippen LogP contribution in [0.5, 0.6) is 0 Å². The summed E-state index contributed by atoms with van der Waals surface area (Å²) >= 11 is 0. The lowest BCUT2D eigenvalue weighted by Gasteiger charge is -2.34. The number of hydrazine groups is 1. The molecule has 0 aliphatic rings. The third-order valence-electron chi connectivity index (χ3n) is 5.11. The average molecular weight is 417 g/mol. The molecule has 0 aromatic rings. The number of ether oxygens (including phenoxy) is 3. The van der Waals surface area contributed by atoms with Gasteiger partial charge in [0.15, 0.2) is 0 Å². The number of hydrogen-bond acceptors (Lipinski definition) is 7. The highest BCUT2D eigenvalue weighted by molar-refractivity contribution is 5.82. The molecule has 0 aromatic carbocycles. The predicted molar refractivity (Wildman–Crippen MR) is 111 cm³/mol. The van der Waals surface area contributed by atoms with Crippen molar-refractivity contribution in [3.8, 4) is 0 Å². The van der Waals surface area contributed by atoms with Gasteiger partial charge < -0.3 is 14.2 Å². The SMILES string of the molecule is CO[C@@](C)(C[C@H](C)C[C@@H](C)C(=O)OC[C@H](C)OC(=O)NN)C[C@H](C)C(=O)C(C)C. The van der Waals surface area contributed by atoms with Gasteiger partial charge in [-0.1, -0.05) is 34.6 Å². The molecule has 0 saturated heterocycles. The molecule has 0 spiro atoms. The van der Waals surface area contributed by atoms with E-state index in [9.17, 15) is 14.4 Å². The molecule has 5 atom stereocenters. The first kappa shape index (κ1) is 27.3. The van der Waals surface area contributed by atoms with Crippen molar-refractivity contribution in [2.24, 2.45) is 29.5 Å². The van der Waals surface area contributed by atoms with E-state index in [0.29, 0.717) is 12.8 Å². The molecule has 0 aromatic heterocycles. The Morgan fingerprint density at radius 1 is 1.00 bits per heavy atom. The quantitative estimate of drug-likeness (QED) is 0.205. The highest BCUT2D eigenvalue weighted by Crippen LogP contribution is 2.31. The predicted octanol–water partition coefficient (Wildman–Crippen LogP) is 3.23. The van der Waals surface area contributed by atoms with E-state index >= 15 is 0 Å². The van der Waals surface area contributed by atoms with Gasteiger partial charge in [-0.2, -0.15) is 0 Å². The van der Waals surface area contributed by atoms with Gasteiger partial charge >= 0.3 is 12.1 Å². The van der Waals surface area contributed by atoms with Crippen molar-refractivity contribution in [2.45, 2.75) is 79.4 Å². The van der Waals surface area contributed by atoms with Gasteiger partial charge in [0, 0.05) is 18.9 Å². The van der Waals surface area contributed by atoms with Crippen molar-refractivity contribution in [3.05, 3.63) is 0 Å². The Kier molecular flexibility index (Phi) is 12.1. The molecule has 0 aliphatic heterocycles. The second kappa shape index (κ2) is 12.8. The molecule has 29 heavy (non-hydrogen) atoms. The van der Waals surface area contributed by atoms with E-state index in [2.05, 4.69) is 6.92 Å². The number of methoxy groups -OCH3 is 1. The van der Waals surface area contributed by atoms with Crippen molar-refractivity contribution in [1.82, 2.24) is 5.43 Å². The van der Waals surface area contributed by atoms with Gasteiger partial charge in [-0.15, -0.1) is 0 Å². The number of nitrogens with one attached hydrogen (secondary N) is 1. The molecule has 0 radical (unpaired) electrons. The number of esters is 1. The van der Waals surface area contributed by atoms with Crippen LogP contribution in [0.1, 0.15) is 67.7 Å². The van der Waals surface area contributed by atoms with E-state index in [-0.39, 0.29) is 42.0 Å². The summed E-state index contributed by atoms with van der Waals surface area (Å²) in [6, 6.07) is 0. The number of nitrogens with two attached hydrogens (primary N) is 1. The van der Waals surface area contributed by atoms with Gasteiger partial charge in [-0.05, 0) is 39.0 Å². The third-order valence-corrected chi connectivity index (χ3v) is 5.11. The Labute approximate surface area is 175 Å². The largest absolute Gasteiger partial charge is 0.462 e. The number of carbonyl (C=O) groups is 3.